The second-order valence-corrected chi connectivity index (χ2v) is 6.76. The Hall–Kier alpha value is -2.74. The quantitative estimate of drug-likeness (QED) is 0.608. The van der Waals surface area contributed by atoms with Gasteiger partial charge < -0.3 is 9.80 Å². The van der Waals surface area contributed by atoms with Gasteiger partial charge in [-0.3, -0.25) is 0 Å². The van der Waals surface area contributed by atoms with Crippen molar-refractivity contribution in [1.82, 2.24) is 0 Å². The molecule has 0 atom stereocenters. The molecule has 0 amide bonds. The molecular weight excluding hydrogens is 304 g/mol. The van der Waals surface area contributed by atoms with Gasteiger partial charge in [0.2, 0.25) is 0 Å². The number of benzene rings is 3. The summed E-state index contributed by atoms with van der Waals surface area (Å²) in [5.74, 6) is 0.208. The van der Waals surface area contributed by atoms with Gasteiger partial charge in [0.1, 0.15) is 0 Å². The van der Waals surface area contributed by atoms with E-state index in [2.05, 4.69) is 117 Å². The van der Waals surface area contributed by atoms with E-state index in [-0.39, 0.29) is 5.92 Å². The van der Waals surface area contributed by atoms with E-state index < -0.39 is 0 Å². The summed E-state index contributed by atoms with van der Waals surface area (Å²) in [7, 11) is 8.45. The van der Waals surface area contributed by atoms with Crippen LogP contribution in [-0.4, -0.2) is 28.2 Å². The zero-order valence-electron chi connectivity index (χ0n) is 15.5. The molecule has 3 aromatic rings. The van der Waals surface area contributed by atoms with Crippen LogP contribution in [0.5, 0.6) is 0 Å². The largest absolute Gasteiger partial charge is 0.376 e. The van der Waals surface area contributed by atoms with E-state index in [0.717, 1.165) is 0 Å². The number of rotatable bonds is 5. The maximum Gasteiger partial charge on any atom is 0.0640 e. The van der Waals surface area contributed by atoms with Crippen LogP contribution in [0.15, 0.2) is 78.9 Å². The standard InChI is InChI=1S/C23H26N2/c1-24(2)21-17-11-16-20(23(21)25(3)4)22(18-12-7-5-8-13-18)19-14-9-6-10-15-19/h5-17,22H,1-4H3. The third-order valence-electron chi connectivity index (χ3n) is 4.55. The van der Waals surface area contributed by atoms with Gasteiger partial charge in [0.15, 0.2) is 0 Å². The van der Waals surface area contributed by atoms with Crippen LogP contribution in [0.25, 0.3) is 0 Å². The highest BCUT2D eigenvalue weighted by Crippen LogP contribution is 2.41. The smallest absolute Gasteiger partial charge is 0.0640 e. The number of hydrogen-bond acceptors (Lipinski definition) is 2. The third kappa shape index (κ3) is 3.53. The molecule has 0 heterocycles. The van der Waals surface area contributed by atoms with Crippen LogP contribution in [0, 0.1) is 0 Å². The summed E-state index contributed by atoms with van der Waals surface area (Å²) in [6.45, 7) is 0. The zero-order chi connectivity index (χ0) is 17.8. The predicted octanol–water partition coefficient (Wildman–Crippen LogP) is 5.00. The molecule has 0 aliphatic rings. The normalized spacial score (nSPS) is 10.8. The molecule has 0 saturated heterocycles. The first-order valence-electron chi connectivity index (χ1n) is 8.67. The summed E-state index contributed by atoms with van der Waals surface area (Å²) in [6.07, 6.45) is 0. The zero-order valence-corrected chi connectivity index (χ0v) is 15.5. The summed E-state index contributed by atoms with van der Waals surface area (Å²) in [6, 6.07) is 28.1. The number of anilines is 2. The Kier molecular flexibility index (Phi) is 5.08. The Bertz CT molecular complexity index is 769. The minimum atomic E-state index is 0.208. The van der Waals surface area contributed by atoms with Crippen LogP contribution in [-0.2, 0) is 0 Å². The second kappa shape index (κ2) is 7.43. The van der Waals surface area contributed by atoms with Gasteiger partial charge in [0.25, 0.3) is 0 Å². The van der Waals surface area contributed by atoms with Crippen molar-refractivity contribution in [2.24, 2.45) is 0 Å². The molecule has 0 radical (unpaired) electrons. The van der Waals surface area contributed by atoms with Gasteiger partial charge in [-0.15, -0.1) is 0 Å². The van der Waals surface area contributed by atoms with E-state index in [9.17, 15) is 0 Å². The topological polar surface area (TPSA) is 6.48 Å². The molecule has 128 valence electrons. The van der Waals surface area contributed by atoms with Crippen molar-refractivity contribution < 1.29 is 0 Å². The van der Waals surface area contributed by atoms with Gasteiger partial charge in [0.05, 0.1) is 11.4 Å². The fraction of sp³-hybridized carbons (Fsp3) is 0.217. The fourth-order valence-corrected chi connectivity index (χ4v) is 3.47. The molecule has 3 aromatic carbocycles. The Labute approximate surface area is 151 Å². The van der Waals surface area contributed by atoms with Crippen molar-refractivity contribution >= 4 is 11.4 Å². The molecular formula is C23H26N2. The summed E-state index contributed by atoms with van der Waals surface area (Å²) in [5.41, 5.74) is 6.46. The first-order valence-corrected chi connectivity index (χ1v) is 8.67. The van der Waals surface area contributed by atoms with Gasteiger partial charge in [0, 0.05) is 34.1 Å². The molecule has 2 nitrogen and oxygen atoms in total. The maximum atomic E-state index is 2.26. The van der Waals surface area contributed by atoms with Gasteiger partial charge in [-0.1, -0.05) is 72.8 Å². The first-order chi connectivity index (χ1) is 12.1. The predicted molar refractivity (Wildman–Crippen MR) is 109 cm³/mol. The Morgan fingerprint density at radius 1 is 0.560 bits per heavy atom. The van der Waals surface area contributed by atoms with Crippen molar-refractivity contribution in [3.05, 3.63) is 95.6 Å². The fourth-order valence-electron chi connectivity index (χ4n) is 3.47. The molecule has 0 N–H and O–H groups in total. The van der Waals surface area contributed by atoms with Crippen LogP contribution in [0.2, 0.25) is 0 Å². The van der Waals surface area contributed by atoms with E-state index in [0.29, 0.717) is 0 Å². The molecule has 25 heavy (non-hydrogen) atoms. The second-order valence-electron chi connectivity index (χ2n) is 6.76. The third-order valence-corrected chi connectivity index (χ3v) is 4.55. The Balaban J connectivity index is 2.26. The lowest BCUT2D eigenvalue weighted by atomic mass is 9.83. The lowest BCUT2D eigenvalue weighted by Crippen LogP contribution is -2.20. The van der Waals surface area contributed by atoms with Gasteiger partial charge in [-0.05, 0) is 22.8 Å². The van der Waals surface area contributed by atoms with Crippen LogP contribution < -0.4 is 9.80 Å². The summed E-state index contributed by atoms with van der Waals surface area (Å²) >= 11 is 0. The minimum Gasteiger partial charge on any atom is -0.376 e. The molecule has 3 rings (SSSR count). The van der Waals surface area contributed by atoms with Gasteiger partial charge in [-0.25, -0.2) is 0 Å². The molecule has 0 aliphatic carbocycles. The first kappa shape index (κ1) is 17.1. The van der Waals surface area contributed by atoms with Crippen molar-refractivity contribution in [3.63, 3.8) is 0 Å². The van der Waals surface area contributed by atoms with E-state index in [1.165, 1.54) is 28.1 Å². The average molecular weight is 330 g/mol. The summed E-state index contributed by atoms with van der Waals surface area (Å²) in [4.78, 5) is 4.41. The van der Waals surface area contributed by atoms with Crippen LogP contribution in [0.4, 0.5) is 11.4 Å². The molecule has 0 fully saturated rings. The average Bonchev–Trinajstić information content (AvgIpc) is 2.63. The van der Waals surface area contributed by atoms with E-state index in [1.54, 1.807) is 0 Å². The molecule has 0 spiro atoms. The van der Waals surface area contributed by atoms with E-state index in [4.69, 9.17) is 0 Å². The van der Waals surface area contributed by atoms with E-state index >= 15 is 0 Å². The van der Waals surface area contributed by atoms with Crippen molar-refractivity contribution in [2.75, 3.05) is 38.0 Å². The van der Waals surface area contributed by atoms with Gasteiger partial charge in [-0.2, -0.15) is 0 Å². The monoisotopic (exact) mass is 330 g/mol. The van der Waals surface area contributed by atoms with Gasteiger partial charge >= 0.3 is 0 Å². The highest BCUT2D eigenvalue weighted by atomic mass is 15.1. The van der Waals surface area contributed by atoms with Crippen LogP contribution in [0.1, 0.15) is 22.6 Å². The van der Waals surface area contributed by atoms with Crippen molar-refractivity contribution in [3.8, 4) is 0 Å². The Morgan fingerprint density at radius 2 is 1.08 bits per heavy atom. The number of nitrogens with zero attached hydrogens (tertiary/aromatic N) is 2. The SMILES string of the molecule is CN(C)c1cccc(C(c2ccccc2)c2ccccc2)c1N(C)C. The molecule has 0 bridgehead atoms. The molecule has 0 aliphatic heterocycles. The van der Waals surface area contributed by atoms with Crippen LogP contribution in [0.3, 0.4) is 0 Å². The number of hydrogen-bond donors (Lipinski definition) is 0. The summed E-state index contributed by atoms with van der Waals surface area (Å²) < 4.78 is 0. The lowest BCUT2D eigenvalue weighted by Gasteiger charge is -2.29. The Morgan fingerprint density at radius 3 is 1.52 bits per heavy atom. The van der Waals surface area contributed by atoms with E-state index in [1.807, 2.05) is 0 Å². The summed E-state index contributed by atoms with van der Waals surface area (Å²) in [5, 5.41) is 0. The van der Waals surface area contributed by atoms with Crippen LogP contribution >= 0.6 is 0 Å². The molecule has 2 heteroatoms. The highest BCUT2D eigenvalue weighted by molar-refractivity contribution is 5.76. The molecule has 0 aromatic heterocycles. The lowest BCUT2D eigenvalue weighted by molar-refractivity contribution is 0.951. The van der Waals surface area contributed by atoms with Crippen molar-refractivity contribution in [2.45, 2.75) is 5.92 Å². The highest BCUT2D eigenvalue weighted by Gasteiger charge is 2.22. The number of para-hydroxylation sites is 1. The molecule has 0 unspecified atom stereocenters. The minimum absolute atomic E-state index is 0.208. The van der Waals surface area contributed by atoms with Crippen molar-refractivity contribution in [1.29, 1.82) is 0 Å². The maximum absolute atomic E-state index is 2.26. The molecule has 0 saturated carbocycles.